The van der Waals surface area contributed by atoms with E-state index >= 15 is 0 Å². The highest BCUT2D eigenvalue weighted by Gasteiger charge is 2.48. The van der Waals surface area contributed by atoms with Gasteiger partial charge in [0.05, 0.1) is 0 Å². The van der Waals surface area contributed by atoms with Crippen molar-refractivity contribution in [1.82, 2.24) is 15.0 Å². The van der Waals surface area contributed by atoms with Gasteiger partial charge in [0.1, 0.15) is 0 Å². The van der Waals surface area contributed by atoms with E-state index in [0.29, 0.717) is 11.6 Å². The summed E-state index contributed by atoms with van der Waals surface area (Å²) in [5.41, 5.74) is 4.47. The van der Waals surface area contributed by atoms with Crippen molar-refractivity contribution in [2.24, 2.45) is 0 Å². The SMILES string of the molecule is Clc1nc(-c2ccccc2)nc(-c2cccc([Si]3(c4ccccc4)c4ccccc4-c4ccccc43)c2)n1. The molecule has 2 heterocycles. The summed E-state index contributed by atoms with van der Waals surface area (Å²) in [6.07, 6.45) is 0. The minimum atomic E-state index is -2.59. The Balaban J connectivity index is 1.49. The van der Waals surface area contributed by atoms with Gasteiger partial charge in [0.15, 0.2) is 19.7 Å². The second-order valence-corrected chi connectivity index (χ2v) is 13.5. The van der Waals surface area contributed by atoms with Crippen LogP contribution in [0.25, 0.3) is 33.9 Å². The molecule has 0 saturated carbocycles. The smallest absolute Gasteiger partial charge is 0.208 e. The van der Waals surface area contributed by atoms with E-state index in [-0.39, 0.29) is 5.28 Å². The Bertz CT molecular complexity index is 1740. The highest BCUT2D eigenvalue weighted by Crippen LogP contribution is 2.29. The number of benzene rings is 5. The van der Waals surface area contributed by atoms with Crippen LogP contribution in [0, 0.1) is 0 Å². The van der Waals surface area contributed by atoms with Crippen molar-refractivity contribution in [1.29, 1.82) is 0 Å². The number of fused-ring (bicyclic) bond motifs is 3. The quantitative estimate of drug-likeness (QED) is 0.297. The number of hydrogen-bond donors (Lipinski definition) is 0. The second kappa shape index (κ2) is 9.17. The Kier molecular flexibility index (Phi) is 5.50. The van der Waals surface area contributed by atoms with Gasteiger partial charge in [-0.25, -0.2) is 4.98 Å². The lowest BCUT2D eigenvalue weighted by Gasteiger charge is -2.31. The molecule has 0 fully saturated rings. The minimum Gasteiger partial charge on any atom is -0.208 e. The van der Waals surface area contributed by atoms with Gasteiger partial charge in [-0.1, -0.05) is 133 Å². The van der Waals surface area contributed by atoms with Gasteiger partial charge < -0.3 is 0 Å². The zero-order valence-electron chi connectivity index (χ0n) is 20.4. The predicted octanol–water partition coefficient (Wildman–Crippen LogP) is 5.22. The summed E-state index contributed by atoms with van der Waals surface area (Å²) in [7, 11) is -2.59. The molecule has 1 aliphatic heterocycles. The van der Waals surface area contributed by atoms with Crippen molar-refractivity contribution in [3.63, 3.8) is 0 Å². The molecule has 7 rings (SSSR count). The molecule has 0 atom stereocenters. The Morgan fingerprint density at radius 2 is 0.947 bits per heavy atom. The van der Waals surface area contributed by atoms with Crippen molar-refractivity contribution >= 4 is 40.4 Å². The Morgan fingerprint density at radius 1 is 0.447 bits per heavy atom. The summed E-state index contributed by atoms with van der Waals surface area (Å²) in [6, 6.07) is 47.3. The van der Waals surface area contributed by atoms with E-state index in [9.17, 15) is 0 Å². The van der Waals surface area contributed by atoms with Gasteiger partial charge in [0.25, 0.3) is 0 Å². The lowest BCUT2D eigenvalue weighted by atomic mass is 10.1. The third kappa shape index (κ3) is 3.53. The van der Waals surface area contributed by atoms with Crippen LogP contribution in [-0.4, -0.2) is 23.0 Å². The summed E-state index contributed by atoms with van der Waals surface area (Å²) in [5.74, 6) is 1.14. The molecule has 1 aromatic heterocycles. The molecule has 3 nitrogen and oxygen atoms in total. The molecule has 38 heavy (non-hydrogen) atoms. The number of hydrogen-bond acceptors (Lipinski definition) is 3. The van der Waals surface area contributed by atoms with Crippen LogP contribution >= 0.6 is 11.6 Å². The zero-order valence-corrected chi connectivity index (χ0v) is 22.2. The fraction of sp³-hybridized carbons (Fsp3) is 0. The molecule has 0 aliphatic carbocycles. The maximum atomic E-state index is 6.42. The van der Waals surface area contributed by atoms with Crippen LogP contribution < -0.4 is 20.7 Å². The van der Waals surface area contributed by atoms with Gasteiger partial charge in [0.2, 0.25) is 5.28 Å². The normalized spacial score (nSPS) is 13.1. The van der Waals surface area contributed by atoms with Gasteiger partial charge in [-0.2, -0.15) is 9.97 Å². The Morgan fingerprint density at radius 3 is 1.61 bits per heavy atom. The lowest BCUT2D eigenvalue weighted by Crippen LogP contribution is -2.72. The largest absolute Gasteiger partial charge is 0.226 e. The van der Waals surface area contributed by atoms with Crippen molar-refractivity contribution in [2.45, 2.75) is 0 Å². The molecule has 180 valence electrons. The van der Waals surface area contributed by atoms with Gasteiger partial charge in [0, 0.05) is 11.1 Å². The highest BCUT2D eigenvalue weighted by molar-refractivity contribution is 7.22. The average molecular weight is 524 g/mol. The first-order valence-electron chi connectivity index (χ1n) is 12.6. The van der Waals surface area contributed by atoms with Crippen molar-refractivity contribution in [3.05, 3.63) is 139 Å². The zero-order chi connectivity index (χ0) is 25.5. The molecular formula is C33H22ClN3Si. The van der Waals surface area contributed by atoms with Crippen molar-refractivity contribution < 1.29 is 0 Å². The van der Waals surface area contributed by atoms with E-state index in [1.807, 2.05) is 30.3 Å². The summed E-state index contributed by atoms with van der Waals surface area (Å²) >= 11 is 6.42. The molecule has 0 bridgehead atoms. The number of nitrogens with zero attached hydrogens (tertiary/aromatic N) is 3. The maximum Gasteiger partial charge on any atom is 0.226 e. The van der Waals surface area contributed by atoms with Crippen molar-refractivity contribution in [3.8, 4) is 33.9 Å². The molecule has 0 saturated heterocycles. The summed E-state index contributed by atoms with van der Waals surface area (Å²) in [6.45, 7) is 0. The van der Waals surface area contributed by atoms with Gasteiger partial charge >= 0.3 is 0 Å². The second-order valence-electron chi connectivity index (χ2n) is 9.41. The number of halogens is 1. The predicted molar refractivity (Wildman–Crippen MR) is 158 cm³/mol. The van der Waals surface area contributed by atoms with E-state index in [1.165, 1.54) is 31.9 Å². The standard InChI is InChI=1S/C33H22ClN3Si/c34-33-36-31(23-12-3-1-4-13-23)35-32(37-33)24-14-11-17-26(22-24)38(25-15-5-2-6-16-25)29-20-9-7-18-27(29)28-19-8-10-21-30(28)38/h1-22H. The van der Waals surface area contributed by atoms with E-state index < -0.39 is 8.07 Å². The van der Waals surface area contributed by atoms with E-state index in [2.05, 4.69) is 113 Å². The Hall–Kier alpha value is -4.38. The van der Waals surface area contributed by atoms with Crippen molar-refractivity contribution in [2.75, 3.05) is 0 Å². The van der Waals surface area contributed by atoms with Crippen LogP contribution in [-0.2, 0) is 0 Å². The lowest BCUT2D eigenvalue weighted by molar-refractivity contribution is 1.07. The highest BCUT2D eigenvalue weighted by atomic mass is 35.5. The topological polar surface area (TPSA) is 38.7 Å². The van der Waals surface area contributed by atoms with Gasteiger partial charge in [-0.15, -0.1) is 0 Å². The van der Waals surface area contributed by atoms with Crippen LogP contribution in [0.1, 0.15) is 0 Å². The summed E-state index contributed by atoms with van der Waals surface area (Å²) < 4.78 is 0. The molecule has 0 spiro atoms. The van der Waals surface area contributed by atoms with Crippen LogP contribution in [0.4, 0.5) is 0 Å². The van der Waals surface area contributed by atoms with E-state index in [4.69, 9.17) is 16.6 Å². The van der Waals surface area contributed by atoms with E-state index in [1.54, 1.807) is 0 Å². The van der Waals surface area contributed by atoms with Crippen LogP contribution in [0.5, 0.6) is 0 Å². The first-order valence-corrected chi connectivity index (χ1v) is 15.0. The third-order valence-corrected chi connectivity index (χ3v) is 12.4. The molecule has 0 amide bonds. The number of aromatic nitrogens is 3. The van der Waals surface area contributed by atoms with Crippen LogP contribution in [0.3, 0.4) is 0 Å². The molecule has 5 aromatic carbocycles. The fourth-order valence-electron chi connectivity index (χ4n) is 5.80. The Labute approximate surface area is 227 Å². The maximum absolute atomic E-state index is 6.42. The minimum absolute atomic E-state index is 0.186. The molecule has 0 N–H and O–H groups in total. The van der Waals surface area contributed by atoms with Gasteiger partial charge in [-0.3, -0.25) is 0 Å². The molecule has 6 aromatic rings. The summed E-state index contributed by atoms with van der Waals surface area (Å²) in [5, 5.41) is 5.64. The molecular weight excluding hydrogens is 502 g/mol. The molecule has 0 radical (unpaired) electrons. The monoisotopic (exact) mass is 523 g/mol. The number of rotatable bonds is 4. The van der Waals surface area contributed by atoms with Gasteiger partial charge in [-0.05, 0) is 43.5 Å². The molecule has 1 aliphatic rings. The van der Waals surface area contributed by atoms with E-state index in [0.717, 1.165) is 11.1 Å². The summed E-state index contributed by atoms with van der Waals surface area (Å²) in [4.78, 5) is 13.8. The fourth-order valence-corrected chi connectivity index (χ4v) is 11.2. The van der Waals surface area contributed by atoms with Crippen LogP contribution in [0.2, 0.25) is 5.28 Å². The third-order valence-electron chi connectivity index (χ3n) is 7.35. The molecule has 5 heteroatoms. The molecule has 0 unspecified atom stereocenters. The first kappa shape index (κ1) is 22.8. The first-order chi connectivity index (χ1) is 18.7. The van der Waals surface area contributed by atoms with Crippen LogP contribution in [0.15, 0.2) is 133 Å². The average Bonchev–Trinajstić information content (AvgIpc) is 3.29.